The Morgan fingerprint density at radius 1 is 1.25 bits per heavy atom. The first-order valence-electron chi connectivity index (χ1n) is 7.97. The number of hydrogen-bond acceptors (Lipinski definition) is 3. The average Bonchev–Trinajstić information content (AvgIpc) is 2.60. The Hall–Kier alpha value is -2.08. The van der Waals surface area contributed by atoms with Crippen LogP contribution >= 0.6 is 15.9 Å². The first kappa shape index (κ1) is 18.3. The predicted octanol–water partition coefficient (Wildman–Crippen LogP) is 3.15. The van der Waals surface area contributed by atoms with Gasteiger partial charge in [-0.25, -0.2) is 4.99 Å². The number of aliphatic imine (C=N–C) groups is 1. The van der Waals surface area contributed by atoms with Crippen molar-refractivity contribution in [1.29, 1.82) is 0 Å². The highest BCUT2D eigenvalue weighted by atomic mass is 79.9. The molecular weight excluding hydrogens is 368 g/mol. The minimum Gasteiger partial charge on any atom is -0.496 e. The van der Waals surface area contributed by atoms with Crippen LogP contribution < -0.4 is 15.4 Å². The summed E-state index contributed by atoms with van der Waals surface area (Å²) in [6, 6.07) is 11.9. The number of guanidine groups is 1. The van der Waals surface area contributed by atoms with Crippen LogP contribution in [-0.4, -0.2) is 31.1 Å². The highest BCUT2D eigenvalue weighted by Gasteiger charge is 2.04. The van der Waals surface area contributed by atoms with E-state index in [-0.39, 0.29) is 0 Å². The first-order chi connectivity index (χ1) is 11.7. The molecule has 0 saturated carbocycles. The molecule has 2 N–H and O–H groups in total. The van der Waals surface area contributed by atoms with E-state index in [0.717, 1.165) is 46.9 Å². The minimum absolute atomic E-state index is 0.543. The van der Waals surface area contributed by atoms with Crippen molar-refractivity contribution in [2.45, 2.75) is 19.9 Å². The van der Waals surface area contributed by atoms with Crippen molar-refractivity contribution in [1.82, 2.24) is 15.6 Å². The first-order valence-corrected chi connectivity index (χ1v) is 8.76. The van der Waals surface area contributed by atoms with Gasteiger partial charge in [-0.1, -0.05) is 22.0 Å². The summed E-state index contributed by atoms with van der Waals surface area (Å²) in [6.45, 7) is 4.18. The Morgan fingerprint density at radius 3 is 2.83 bits per heavy atom. The Kier molecular flexibility index (Phi) is 7.55. The fourth-order valence-corrected chi connectivity index (χ4v) is 2.64. The molecule has 0 aliphatic rings. The van der Waals surface area contributed by atoms with Crippen LogP contribution in [0.15, 0.2) is 52.1 Å². The molecule has 24 heavy (non-hydrogen) atoms. The molecule has 0 amide bonds. The summed E-state index contributed by atoms with van der Waals surface area (Å²) in [5.41, 5.74) is 2.10. The summed E-state index contributed by atoms with van der Waals surface area (Å²) in [4.78, 5) is 8.96. The third-order valence-electron chi connectivity index (χ3n) is 3.39. The van der Waals surface area contributed by atoms with E-state index in [4.69, 9.17) is 4.74 Å². The molecule has 0 bridgehead atoms. The highest BCUT2D eigenvalue weighted by molar-refractivity contribution is 9.10. The van der Waals surface area contributed by atoms with E-state index in [1.165, 1.54) is 0 Å². The van der Waals surface area contributed by atoms with Crippen molar-refractivity contribution in [3.8, 4) is 5.75 Å². The molecule has 1 aromatic heterocycles. The van der Waals surface area contributed by atoms with Crippen molar-refractivity contribution < 1.29 is 4.74 Å². The quantitative estimate of drug-likeness (QED) is 0.563. The van der Waals surface area contributed by atoms with Crippen LogP contribution in [0.5, 0.6) is 5.75 Å². The predicted molar refractivity (Wildman–Crippen MR) is 101 cm³/mol. The number of hydrogen-bond donors (Lipinski definition) is 2. The zero-order chi connectivity index (χ0) is 17.2. The van der Waals surface area contributed by atoms with E-state index >= 15 is 0 Å². The van der Waals surface area contributed by atoms with Crippen LogP contribution in [0, 0.1) is 0 Å². The molecule has 2 rings (SSSR count). The minimum atomic E-state index is 0.543. The summed E-state index contributed by atoms with van der Waals surface area (Å²) in [5, 5.41) is 6.60. The Morgan fingerprint density at radius 2 is 2.12 bits per heavy atom. The third kappa shape index (κ3) is 5.85. The van der Waals surface area contributed by atoms with Crippen molar-refractivity contribution in [3.63, 3.8) is 0 Å². The SMILES string of the molecule is CCNC(=NCc1cc(Br)ccc1OC)NCCc1ccccn1. The van der Waals surface area contributed by atoms with Crippen LogP contribution in [0.3, 0.4) is 0 Å². The smallest absolute Gasteiger partial charge is 0.191 e. The lowest BCUT2D eigenvalue weighted by Crippen LogP contribution is -2.38. The average molecular weight is 391 g/mol. The zero-order valence-electron chi connectivity index (χ0n) is 14.1. The van der Waals surface area contributed by atoms with Gasteiger partial charge in [-0.05, 0) is 37.3 Å². The number of rotatable bonds is 7. The number of halogens is 1. The Balaban J connectivity index is 1.96. The van der Waals surface area contributed by atoms with Crippen LogP contribution in [-0.2, 0) is 13.0 Å². The summed E-state index contributed by atoms with van der Waals surface area (Å²) < 4.78 is 6.41. The zero-order valence-corrected chi connectivity index (χ0v) is 15.6. The molecule has 0 saturated heterocycles. The van der Waals surface area contributed by atoms with Gasteiger partial charge in [0.15, 0.2) is 5.96 Å². The molecule has 128 valence electrons. The molecular formula is C18H23BrN4O. The third-order valence-corrected chi connectivity index (χ3v) is 3.89. The molecule has 1 aromatic carbocycles. The monoisotopic (exact) mass is 390 g/mol. The maximum atomic E-state index is 5.39. The van der Waals surface area contributed by atoms with Gasteiger partial charge in [-0.3, -0.25) is 4.98 Å². The molecule has 0 aliphatic carbocycles. The molecule has 0 aliphatic heterocycles. The molecule has 0 atom stereocenters. The van der Waals surface area contributed by atoms with Gasteiger partial charge in [0.1, 0.15) is 5.75 Å². The Labute approximate surface area is 151 Å². The number of aromatic nitrogens is 1. The molecule has 0 spiro atoms. The topological polar surface area (TPSA) is 58.5 Å². The normalized spacial score (nSPS) is 11.2. The molecule has 0 unspecified atom stereocenters. The summed E-state index contributed by atoms with van der Waals surface area (Å²) >= 11 is 3.49. The van der Waals surface area contributed by atoms with E-state index in [9.17, 15) is 0 Å². The van der Waals surface area contributed by atoms with Gasteiger partial charge in [0.25, 0.3) is 0 Å². The van der Waals surface area contributed by atoms with Crippen molar-refractivity contribution in [3.05, 3.63) is 58.3 Å². The van der Waals surface area contributed by atoms with Crippen LogP contribution in [0.4, 0.5) is 0 Å². The number of methoxy groups -OCH3 is 1. The fourth-order valence-electron chi connectivity index (χ4n) is 2.23. The van der Waals surface area contributed by atoms with Gasteiger partial charge in [0, 0.05) is 41.4 Å². The highest BCUT2D eigenvalue weighted by Crippen LogP contribution is 2.23. The molecule has 1 heterocycles. The fraction of sp³-hybridized carbons (Fsp3) is 0.333. The summed E-state index contributed by atoms with van der Waals surface area (Å²) in [5.74, 6) is 1.63. The van der Waals surface area contributed by atoms with Gasteiger partial charge >= 0.3 is 0 Å². The molecule has 0 radical (unpaired) electrons. The number of pyridine rings is 1. The van der Waals surface area contributed by atoms with Crippen LogP contribution in [0.25, 0.3) is 0 Å². The van der Waals surface area contributed by atoms with E-state index in [2.05, 4.69) is 43.5 Å². The van der Waals surface area contributed by atoms with Gasteiger partial charge in [0.2, 0.25) is 0 Å². The summed E-state index contributed by atoms with van der Waals surface area (Å²) in [6.07, 6.45) is 2.67. The number of ether oxygens (including phenoxy) is 1. The molecule has 2 aromatic rings. The van der Waals surface area contributed by atoms with Crippen molar-refractivity contribution >= 4 is 21.9 Å². The number of nitrogens with zero attached hydrogens (tertiary/aromatic N) is 2. The Bertz CT molecular complexity index is 661. The maximum Gasteiger partial charge on any atom is 0.191 e. The standard InChI is InChI=1S/C18H23BrN4O/c1-3-20-18(22-11-9-16-6-4-5-10-21-16)23-13-14-12-15(19)7-8-17(14)24-2/h4-8,10,12H,3,9,11,13H2,1-2H3,(H2,20,22,23). The largest absolute Gasteiger partial charge is 0.496 e. The van der Waals surface area contributed by atoms with Crippen molar-refractivity contribution in [2.24, 2.45) is 4.99 Å². The lowest BCUT2D eigenvalue weighted by Gasteiger charge is -2.12. The second-order valence-electron chi connectivity index (χ2n) is 5.15. The van der Waals surface area contributed by atoms with E-state index in [0.29, 0.717) is 6.54 Å². The second-order valence-corrected chi connectivity index (χ2v) is 6.06. The van der Waals surface area contributed by atoms with E-state index < -0.39 is 0 Å². The van der Waals surface area contributed by atoms with Gasteiger partial charge in [-0.2, -0.15) is 0 Å². The summed E-state index contributed by atoms with van der Waals surface area (Å²) in [7, 11) is 1.67. The lowest BCUT2D eigenvalue weighted by molar-refractivity contribution is 0.409. The van der Waals surface area contributed by atoms with Gasteiger partial charge in [0.05, 0.1) is 13.7 Å². The molecule has 0 fully saturated rings. The van der Waals surface area contributed by atoms with E-state index in [1.807, 2.05) is 42.6 Å². The lowest BCUT2D eigenvalue weighted by atomic mass is 10.2. The van der Waals surface area contributed by atoms with Crippen LogP contribution in [0.2, 0.25) is 0 Å². The van der Waals surface area contributed by atoms with E-state index in [1.54, 1.807) is 7.11 Å². The molecule has 6 heteroatoms. The van der Waals surface area contributed by atoms with Gasteiger partial charge < -0.3 is 15.4 Å². The van der Waals surface area contributed by atoms with Crippen LogP contribution in [0.1, 0.15) is 18.2 Å². The molecule has 5 nitrogen and oxygen atoms in total. The maximum absolute atomic E-state index is 5.39. The van der Waals surface area contributed by atoms with Crippen molar-refractivity contribution in [2.75, 3.05) is 20.2 Å². The number of nitrogens with one attached hydrogen (secondary N) is 2. The second kappa shape index (κ2) is 9.93. The van der Waals surface area contributed by atoms with Gasteiger partial charge in [-0.15, -0.1) is 0 Å². The number of benzene rings is 1.